The average Bonchev–Trinajstić information content (AvgIpc) is 2.80. The summed E-state index contributed by atoms with van der Waals surface area (Å²) in [6, 6.07) is 16.2. The third kappa shape index (κ3) is 4.35. The van der Waals surface area contributed by atoms with Crippen LogP contribution >= 0.6 is 0 Å². The summed E-state index contributed by atoms with van der Waals surface area (Å²) in [5, 5.41) is 1.78. The van der Waals surface area contributed by atoms with Gasteiger partial charge in [-0.05, 0) is 52.6 Å². The molecule has 0 spiro atoms. The number of sulfonamides is 1. The fraction of sp³-hybridized carbons (Fsp3) is 0.261. The first-order chi connectivity index (χ1) is 14.9. The van der Waals surface area contributed by atoms with Gasteiger partial charge < -0.3 is 14.4 Å². The van der Waals surface area contributed by atoms with Crippen molar-refractivity contribution in [3.63, 3.8) is 0 Å². The molecule has 0 saturated carbocycles. The molecule has 1 N–H and O–H groups in total. The zero-order chi connectivity index (χ0) is 22.0. The molecule has 3 aromatic carbocycles. The van der Waals surface area contributed by atoms with E-state index in [1.165, 1.54) is 0 Å². The Balaban J connectivity index is 1.45. The van der Waals surface area contributed by atoms with Crippen LogP contribution in [0.5, 0.6) is 11.5 Å². The predicted octanol–water partition coefficient (Wildman–Crippen LogP) is 2.72. The van der Waals surface area contributed by atoms with Crippen molar-refractivity contribution in [3.05, 3.63) is 65.7 Å². The Kier molecular flexibility index (Phi) is 5.84. The van der Waals surface area contributed by atoms with Crippen molar-refractivity contribution in [2.75, 3.05) is 27.3 Å². The van der Waals surface area contributed by atoms with Crippen molar-refractivity contribution in [1.82, 2.24) is 9.62 Å². The number of rotatable bonds is 6. The highest BCUT2D eigenvalue weighted by Crippen LogP contribution is 2.33. The lowest BCUT2D eigenvalue weighted by atomic mass is 9.98. The lowest BCUT2D eigenvalue weighted by Crippen LogP contribution is -2.42. The van der Waals surface area contributed by atoms with Crippen molar-refractivity contribution in [2.24, 2.45) is 0 Å². The highest BCUT2D eigenvalue weighted by molar-refractivity contribution is 7.89. The number of hydrogen-bond acceptors (Lipinski definition) is 5. The van der Waals surface area contributed by atoms with Gasteiger partial charge in [-0.25, -0.2) is 13.1 Å². The van der Waals surface area contributed by atoms with Crippen LogP contribution in [-0.2, 0) is 27.8 Å². The summed E-state index contributed by atoms with van der Waals surface area (Å²) >= 11 is 0. The first kappa shape index (κ1) is 21.1. The Labute approximate surface area is 181 Å². The van der Waals surface area contributed by atoms with E-state index < -0.39 is 10.0 Å². The number of carbonyl (C=O) groups excluding carboxylic acids is 1. The van der Waals surface area contributed by atoms with Crippen LogP contribution in [0.1, 0.15) is 11.1 Å². The first-order valence-corrected chi connectivity index (χ1v) is 11.4. The van der Waals surface area contributed by atoms with Gasteiger partial charge in [0.15, 0.2) is 11.5 Å². The molecule has 8 heteroatoms. The summed E-state index contributed by atoms with van der Waals surface area (Å²) < 4.78 is 38.5. The summed E-state index contributed by atoms with van der Waals surface area (Å²) in [4.78, 5) is 14.5. The van der Waals surface area contributed by atoms with Gasteiger partial charge in [0, 0.05) is 13.1 Å². The van der Waals surface area contributed by atoms with Gasteiger partial charge >= 0.3 is 0 Å². The number of nitrogens with zero attached hydrogens (tertiary/aromatic N) is 1. The van der Waals surface area contributed by atoms with Crippen LogP contribution in [-0.4, -0.2) is 46.5 Å². The standard InChI is InChI=1S/C23H24N2O5S/c1-29-21-12-18-9-10-25(15-19(18)13-22(21)30-2)23(26)14-24-31(27,28)20-8-7-16-5-3-4-6-17(16)11-20/h3-8,11-13,24H,9-10,14-15H2,1-2H3. The van der Waals surface area contributed by atoms with Crippen LogP contribution < -0.4 is 14.2 Å². The van der Waals surface area contributed by atoms with E-state index in [1.807, 2.05) is 36.4 Å². The molecule has 0 aromatic heterocycles. The number of amides is 1. The Hall–Kier alpha value is -3.10. The largest absolute Gasteiger partial charge is 0.493 e. The normalized spacial score (nSPS) is 13.7. The van der Waals surface area contributed by atoms with Crippen LogP contribution in [0.25, 0.3) is 10.8 Å². The van der Waals surface area contributed by atoms with E-state index in [4.69, 9.17) is 9.47 Å². The molecule has 1 aliphatic heterocycles. The van der Waals surface area contributed by atoms with Crippen LogP contribution in [0.3, 0.4) is 0 Å². The maximum absolute atomic E-state index is 12.7. The second kappa shape index (κ2) is 8.56. The van der Waals surface area contributed by atoms with Gasteiger partial charge in [0.25, 0.3) is 0 Å². The van der Waals surface area contributed by atoms with E-state index >= 15 is 0 Å². The Bertz CT molecular complexity index is 1240. The van der Waals surface area contributed by atoms with Gasteiger partial charge in [0.1, 0.15) is 0 Å². The maximum Gasteiger partial charge on any atom is 0.241 e. The number of hydrogen-bond donors (Lipinski definition) is 1. The number of fused-ring (bicyclic) bond motifs is 2. The van der Waals surface area contributed by atoms with E-state index in [9.17, 15) is 13.2 Å². The topological polar surface area (TPSA) is 84.9 Å². The highest BCUT2D eigenvalue weighted by atomic mass is 32.2. The zero-order valence-electron chi connectivity index (χ0n) is 17.4. The lowest BCUT2D eigenvalue weighted by Gasteiger charge is -2.29. The van der Waals surface area contributed by atoms with Gasteiger partial charge in [0.05, 0.1) is 25.7 Å². The first-order valence-electron chi connectivity index (χ1n) is 9.91. The smallest absolute Gasteiger partial charge is 0.241 e. The molecule has 1 aliphatic rings. The molecular formula is C23H24N2O5S. The minimum absolute atomic E-state index is 0.139. The van der Waals surface area contributed by atoms with Gasteiger partial charge in [0.2, 0.25) is 15.9 Å². The number of carbonyl (C=O) groups is 1. The van der Waals surface area contributed by atoms with Crippen molar-refractivity contribution in [2.45, 2.75) is 17.9 Å². The molecule has 0 unspecified atom stereocenters. The number of methoxy groups -OCH3 is 2. The molecule has 0 bridgehead atoms. The monoisotopic (exact) mass is 440 g/mol. The number of nitrogens with one attached hydrogen (secondary N) is 1. The third-order valence-corrected chi connectivity index (χ3v) is 6.91. The van der Waals surface area contributed by atoms with Gasteiger partial charge in [-0.15, -0.1) is 0 Å². The van der Waals surface area contributed by atoms with E-state index in [0.29, 0.717) is 31.0 Å². The third-order valence-electron chi connectivity index (χ3n) is 5.52. The summed E-state index contributed by atoms with van der Waals surface area (Å²) in [7, 11) is -0.645. The van der Waals surface area contributed by atoms with Gasteiger partial charge in [-0.3, -0.25) is 4.79 Å². The number of benzene rings is 3. The SMILES string of the molecule is COc1cc2c(cc1OC)CN(C(=O)CNS(=O)(=O)c1ccc3ccccc3c1)CC2. The molecular weight excluding hydrogens is 416 g/mol. The fourth-order valence-corrected chi connectivity index (χ4v) is 4.79. The van der Waals surface area contributed by atoms with Gasteiger partial charge in [-0.2, -0.15) is 0 Å². The fourth-order valence-electron chi connectivity index (χ4n) is 3.78. The van der Waals surface area contributed by atoms with E-state index in [1.54, 1.807) is 37.3 Å². The molecule has 0 aliphatic carbocycles. The van der Waals surface area contributed by atoms with E-state index in [2.05, 4.69) is 4.72 Å². The molecule has 0 atom stereocenters. The molecule has 3 aromatic rings. The summed E-state index contributed by atoms with van der Waals surface area (Å²) in [5.74, 6) is 0.988. The van der Waals surface area contributed by atoms with E-state index in [-0.39, 0.29) is 17.3 Å². The number of ether oxygens (including phenoxy) is 2. The molecule has 162 valence electrons. The average molecular weight is 441 g/mol. The molecule has 31 heavy (non-hydrogen) atoms. The highest BCUT2D eigenvalue weighted by Gasteiger charge is 2.24. The molecule has 0 radical (unpaired) electrons. The summed E-state index contributed by atoms with van der Waals surface area (Å²) in [5.41, 5.74) is 2.06. The molecule has 0 saturated heterocycles. The summed E-state index contributed by atoms with van der Waals surface area (Å²) in [6.07, 6.45) is 0.666. The van der Waals surface area contributed by atoms with Crippen molar-refractivity contribution in [3.8, 4) is 11.5 Å². The molecule has 4 rings (SSSR count). The second-order valence-electron chi connectivity index (χ2n) is 7.37. The Morgan fingerprint density at radius 3 is 2.35 bits per heavy atom. The van der Waals surface area contributed by atoms with Crippen LogP contribution in [0, 0.1) is 0 Å². The van der Waals surface area contributed by atoms with Crippen LogP contribution in [0.4, 0.5) is 0 Å². The molecule has 0 fully saturated rings. The second-order valence-corrected chi connectivity index (χ2v) is 9.14. The molecule has 7 nitrogen and oxygen atoms in total. The Morgan fingerprint density at radius 1 is 0.968 bits per heavy atom. The zero-order valence-corrected chi connectivity index (χ0v) is 18.2. The van der Waals surface area contributed by atoms with Crippen molar-refractivity contribution < 1.29 is 22.7 Å². The Morgan fingerprint density at radius 2 is 1.65 bits per heavy atom. The quantitative estimate of drug-likeness (QED) is 0.637. The lowest BCUT2D eigenvalue weighted by molar-refractivity contribution is -0.130. The minimum Gasteiger partial charge on any atom is -0.493 e. The maximum atomic E-state index is 12.7. The summed E-state index contributed by atoms with van der Waals surface area (Å²) in [6.45, 7) is 0.614. The van der Waals surface area contributed by atoms with E-state index in [0.717, 1.165) is 21.9 Å². The van der Waals surface area contributed by atoms with Crippen LogP contribution in [0.2, 0.25) is 0 Å². The predicted molar refractivity (Wildman–Crippen MR) is 118 cm³/mol. The van der Waals surface area contributed by atoms with Crippen LogP contribution in [0.15, 0.2) is 59.5 Å². The van der Waals surface area contributed by atoms with Crippen molar-refractivity contribution >= 4 is 26.7 Å². The van der Waals surface area contributed by atoms with Crippen molar-refractivity contribution in [1.29, 1.82) is 0 Å². The molecule has 1 amide bonds. The molecule has 1 heterocycles. The minimum atomic E-state index is -3.80. The van der Waals surface area contributed by atoms with Gasteiger partial charge in [-0.1, -0.05) is 30.3 Å².